The Balaban J connectivity index is 2.19. The number of sulfonamides is 1. The average molecular weight is 376 g/mol. The van der Waals surface area contributed by atoms with Crippen molar-refractivity contribution in [2.45, 2.75) is 11.1 Å². The molecule has 2 aromatic rings. The van der Waals surface area contributed by atoms with E-state index >= 15 is 0 Å². The minimum Gasteiger partial charge on any atom is -0.343 e. The Bertz CT molecular complexity index is 865. The van der Waals surface area contributed by atoms with Crippen molar-refractivity contribution >= 4 is 21.6 Å². The van der Waals surface area contributed by atoms with E-state index in [-0.39, 0.29) is 16.1 Å². The van der Waals surface area contributed by atoms with E-state index in [9.17, 15) is 30.8 Å². The first-order valence-corrected chi connectivity index (χ1v) is 8.28. The number of anilines is 1. The summed E-state index contributed by atoms with van der Waals surface area (Å²) < 4.78 is 75.9. The average Bonchev–Trinajstić information content (AvgIpc) is 2.54. The molecule has 0 aliphatic rings. The summed E-state index contributed by atoms with van der Waals surface area (Å²) in [5.74, 6) is -1.61. The van der Waals surface area contributed by atoms with Crippen LogP contribution in [0.1, 0.15) is 10.4 Å². The van der Waals surface area contributed by atoms with Gasteiger partial charge < -0.3 is 5.32 Å². The summed E-state index contributed by atoms with van der Waals surface area (Å²) in [6.45, 7) is -1.53. The highest BCUT2D eigenvalue weighted by molar-refractivity contribution is 7.92. The summed E-state index contributed by atoms with van der Waals surface area (Å²) in [4.78, 5) is 11.4. The first-order valence-electron chi connectivity index (χ1n) is 6.80. The highest BCUT2D eigenvalue weighted by Gasteiger charge is 2.28. The number of hydrogen-bond acceptors (Lipinski definition) is 3. The summed E-state index contributed by atoms with van der Waals surface area (Å²) in [6, 6.07) is 9.03. The number of halogens is 4. The second-order valence-corrected chi connectivity index (χ2v) is 6.62. The monoisotopic (exact) mass is 376 g/mol. The van der Waals surface area contributed by atoms with Crippen molar-refractivity contribution in [2.75, 3.05) is 11.3 Å². The Kier molecular flexibility index (Phi) is 5.31. The second-order valence-electron chi connectivity index (χ2n) is 4.94. The van der Waals surface area contributed by atoms with Gasteiger partial charge in [0.15, 0.2) is 0 Å². The molecule has 0 atom stereocenters. The summed E-state index contributed by atoms with van der Waals surface area (Å²) in [5, 5.41) is 1.65. The van der Waals surface area contributed by atoms with E-state index in [2.05, 4.69) is 4.72 Å². The van der Waals surface area contributed by atoms with E-state index in [1.807, 2.05) is 0 Å². The Morgan fingerprint density at radius 3 is 2.28 bits per heavy atom. The lowest BCUT2D eigenvalue weighted by atomic mass is 10.2. The smallest absolute Gasteiger partial charge is 0.343 e. The number of alkyl halides is 3. The fourth-order valence-electron chi connectivity index (χ4n) is 1.82. The Hall–Kier alpha value is -2.62. The minimum atomic E-state index is -4.58. The molecule has 0 aliphatic heterocycles. The van der Waals surface area contributed by atoms with Crippen LogP contribution in [0.4, 0.5) is 23.2 Å². The van der Waals surface area contributed by atoms with Crippen LogP contribution < -0.4 is 10.0 Å². The molecule has 0 saturated heterocycles. The molecular weight excluding hydrogens is 364 g/mol. The fraction of sp³-hybridized carbons (Fsp3) is 0.133. The molecule has 0 unspecified atom stereocenters. The summed E-state index contributed by atoms with van der Waals surface area (Å²) >= 11 is 0. The molecule has 0 radical (unpaired) electrons. The van der Waals surface area contributed by atoms with Gasteiger partial charge in [-0.1, -0.05) is 6.07 Å². The molecule has 0 heterocycles. The van der Waals surface area contributed by atoms with Crippen molar-refractivity contribution in [3.8, 4) is 0 Å². The van der Waals surface area contributed by atoms with Gasteiger partial charge in [-0.25, -0.2) is 12.8 Å². The molecule has 10 heteroatoms. The lowest BCUT2D eigenvalue weighted by molar-refractivity contribution is -0.123. The predicted molar refractivity (Wildman–Crippen MR) is 82.0 cm³/mol. The van der Waals surface area contributed by atoms with Crippen LogP contribution in [-0.2, 0) is 10.0 Å². The summed E-state index contributed by atoms with van der Waals surface area (Å²) in [6.07, 6.45) is -4.58. The molecule has 134 valence electrons. The summed E-state index contributed by atoms with van der Waals surface area (Å²) in [5.41, 5.74) is -0.153. The molecule has 25 heavy (non-hydrogen) atoms. The van der Waals surface area contributed by atoms with Crippen LogP contribution in [-0.4, -0.2) is 27.0 Å². The van der Waals surface area contributed by atoms with Gasteiger partial charge in [0, 0.05) is 11.3 Å². The highest BCUT2D eigenvalue weighted by Crippen LogP contribution is 2.18. The molecule has 0 bridgehead atoms. The van der Waals surface area contributed by atoms with E-state index in [0.717, 1.165) is 18.2 Å². The number of nitrogens with one attached hydrogen (secondary N) is 2. The van der Waals surface area contributed by atoms with E-state index < -0.39 is 34.5 Å². The Labute approximate surface area is 140 Å². The van der Waals surface area contributed by atoms with Crippen molar-refractivity contribution < 1.29 is 30.8 Å². The maximum absolute atomic E-state index is 12.8. The molecule has 0 spiro atoms. The van der Waals surface area contributed by atoms with Gasteiger partial charge in [0.05, 0.1) is 4.90 Å². The van der Waals surface area contributed by atoms with Crippen LogP contribution >= 0.6 is 0 Å². The van der Waals surface area contributed by atoms with Gasteiger partial charge in [-0.3, -0.25) is 9.52 Å². The standard InChI is InChI=1S/C15H12F4N2O3S/c16-11-4-6-12(7-5-11)21-25(23,24)13-3-1-2-10(8-13)14(22)20-9-15(17,18)19/h1-8,21H,9H2,(H,20,22). The fourth-order valence-corrected chi connectivity index (χ4v) is 2.92. The normalized spacial score (nSPS) is 11.8. The van der Waals surface area contributed by atoms with Crippen LogP contribution in [0, 0.1) is 5.82 Å². The van der Waals surface area contributed by atoms with Gasteiger partial charge in [0.1, 0.15) is 12.4 Å². The lowest BCUT2D eigenvalue weighted by Gasteiger charge is -2.11. The maximum atomic E-state index is 12.8. The molecule has 1 amide bonds. The Morgan fingerprint density at radius 2 is 1.68 bits per heavy atom. The van der Waals surface area contributed by atoms with Crippen molar-refractivity contribution in [3.05, 3.63) is 59.9 Å². The van der Waals surface area contributed by atoms with Gasteiger partial charge >= 0.3 is 6.18 Å². The third-order valence-corrected chi connectivity index (χ3v) is 4.33. The predicted octanol–water partition coefficient (Wildman–Crippen LogP) is 2.92. The quantitative estimate of drug-likeness (QED) is 0.788. The van der Waals surface area contributed by atoms with Crippen molar-refractivity contribution in [3.63, 3.8) is 0 Å². The van der Waals surface area contributed by atoms with Gasteiger partial charge in [0.25, 0.3) is 15.9 Å². The van der Waals surface area contributed by atoms with Crippen molar-refractivity contribution in [1.82, 2.24) is 5.32 Å². The molecule has 2 aromatic carbocycles. The lowest BCUT2D eigenvalue weighted by Crippen LogP contribution is -2.33. The third-order valence-electron chi connectivity index (χ3n) is 2.95. The molecule has 0 saturated carbocycles. The molecular formula is C15H12F4N2O3S. The number of benzene rings is 2. The van der Waals surface area contributed by atoms with Gasteiger partial charge in [0.2, 0.25) is 0 Å². The number of amides is 1. The number of rotatable bonds is 5. The maximum Gasteiger partial charge on any atom is 0.405 e. The van der Waals surface area contributed by atoms with Crippen LogP contribution in [0.3, 0.4) is 0 Å². The van der Waals surface area contributed by atoms with Crippen LogP contribution in [0.25, 0.3) is 0 Å². The highest BCUT2D eigenvalue weighted by atomic mass is 32.2. The molecule has 2 N–H and O–H groups in total. The summed E-state index contributed by atoms with van der Waals surface area (Å²) in [7, 11) is -4.10. The third kappa shape index (κ3) is 5.45. The van der Waals surface area contributed by atoms with Crippen molar-refractivity contribution in [2.24, 2.45) is 0 Å². The van der Waals surface area contributed by atoms with E-state index in [1.165, 1.54) is 30.3 Å². The SMILES string of the molecule is O=C(NCC(F)(F)F)c1cccc(S(=O)(=O)Nc2ccc(F)cc2)c1. The van der Waals surface area contributed by atoms with Crippen LogP contribution in [0.5, 0.6) is 0 Å². The van der Waals surface area contributed by atoms with Crippen LogP contribution in [0.15, 0.2) is 53.4 Å². The number of carbonyl (C=O) groups is 1. The largest absolute Gasteiger partial charge is 0.405 e. The van der Waals surface area contributed by atoms with Crippen LogP contribution in [0.2, 0.25) is 0 Å². The molecule has 5 nitrogen and oxygen atoms in total. The molecule has 2 rings (SSSR count). The van der Waals surface area contributed by atoms with Gasteiger partial charge in [-0.2, -0.15) is 13.2 Å². The molecule has 0 aliphatic carbocycles. The van der Waals surface area contributed by atoms with Gasteiger partial charge in [-0.15, -0.1) is 0 Å². The minimum absolute atomic E-state index is 0.0910. The van der Waals surface area contributed by atoms with E-state index in [0.29, 0.717) is 0 Å². The first kappa shape index (κ1) is 18.7. The molecule has 0 aromatic heterocycles. The number of hydrogen-bond donors (Lipinski definition) is 2. The van der Waals surface area contributed by atoms with Crippen molar-refractivity contribution in [1.29, 1.82) is 0 Å². The number of carbonyl (C=O) groups excluding carboxylic acids is 1. The molecule has 0 fully saturated rings. The first-order chi connectivity index (χ1) is 11.6. The zero-order valence-corrected chi connectivity index (χ0v) is 13.3. The zero-order valence-electron chi connectivity index (χ0n) is 12.5. The topological polar surface area (TPSA) is 75.3 Å². The van der Waals surface area contributed by atoms with E-state index in [1.54, 1.807) is 5.32 Å². The Morgan fingerprint density at radius 1 is 1.04 bits per heavy atom. The van der Waals surface area contributed by atoms with Gasteiger partial charge in [-0.05, 0) is 42.5 Å². The second kappa shape index (κ2) is 7.09. The van der Waals surface area contributed by atoms with E-state index in [4.69, 9.17) is 0 Å². The zero-order chi connectivity index (χ0) is 18.7.